The number of nitrogens with one attached hydrogen (secondary N) is 2. The number of carbonyl (C=O) groups excluding carboxylic acids is 1. The number of hydrogen-bond donors (Lipinski definition) is 3. The van der Waals surface area contributed by atoms with Crippen LogP contribution in [0.3, 0.4) is 0 Å². The number of urea groups is 1. The first-order chi connectivity index (χ1) is 11.2. The number of para-hydroxylation sites is 1. The van der Waals surface area contributed by atoms with Crippen molar-refractivity contribution >= 4 is 6.03 Å². The Morgan fingerprint density at radius 3 is 2.57 bits per heavy atom. The van der Waals surface area contributed by atoms with Crippen molar-refractivity contribution in [1.29, 1.82) is 0 Å². The van der Waals surface area contributed by atoms with Gasteiger partial charge in [0.15, 0.2) is 0 Å². The second kappa shape index (κ2) is 8.80. The van der Waals surface area contributed by atoms with Gasteiger partial charge in [-0.05, 0) is 18.6 Å². The van der Waals surface area contributed by atoms with E-state index in [1.54, 1.807) is 6.92 Å². The molecule has 0 spiro atoms. The van der Waals surface area contributed by atoms with E-state index in [0.29, 0.717) is 13.2 Å². The van der Waals surface area contributed by atoms with Gasteiger partial charge in [-0.25, -0.2) is 4.79 Å². The van der Waals surface area contributed by atoms with E-state index in [4.69, 9.17) is 9.84 Å². The molecule has 0 radical (unpaired) electrons. The van der Waals surface area contributed by atoms with Gasteiger partial charge in [-0.15, -0.1) is 0 Å². The van der Waals surface area contributed by atoms with Gasteiger partial charge in [0.2, 0.25) is 0 Å². The van der Waals surface area contributed by atoms with Crippen LogP contribution >= 0.6 is 0 Å². The lowest BCUT2D eigenvalue weighted by Gasteiger charge is -2.14. The molecule has 0 heterocycles. The minimum atomic E-state index is -0.313. The zero-order valence-electron chi connectivity index (χ0n) is 13.2. The molecule has 5 heteroatoms. The lowest BCUT2D eigenvalue weighted by Crippen LogP contribution is -2.43. The Balaban J connectivity index is 1.86. The van der Waals surface area contributed by atoms with Gasteiger partial charge in [0.05, 0.1) is 19.2 Å². The van der Waals surface area contributed by atoms with Crippen LogP contribution in [0.5, 0.6) is 5.75 Å². The Hall–Kier alpha value is -2.53. The predicted octanol–water partition coefficient (Wildman–Crippen LogP) is 2.41. The predicted molar refractivity (Wildman–Crippen MR) is 90.5 cm³/mol. The van der Waals surface area contributed by atoms with Crippen LogP contribution in [0.4, 0.5) is 4.79 Å². The molecule has 2 amide bonds. The Kier molecular flexibility index (Phi) is 6.44. The van der Waals surface area contributed by atoms with Crippen molar-refractivity contribution in [2.24, 2.45) is 0 Å². The number of carbonyl (C=O) groups is 1. The van der Waals surface area contributed by atoms with Crippen molar-refractivity contribution in [1.82, 2.24) is 10.6 Å². The summed E-state index contributed by atoms with van der Waals surface area (Å²) in [6, 6.07) is 17.2. The number of benzene rings is 2. The molecule has 2 aromatic carbocycles. The molecular weight excluding hydrogens is 292 g/mol. The molecular formula is C18H22N2O3. The van der Waals surface area contributed by atoms with Crippen LogP contribution in [0.25, 0.3) is 11.1 Å². The Morgan fingerprint density at radius 1 is 1.13 bits per heavy atom. The summed E-state index contributed by atoms with van der Waals surface area (Å²) in [5.41, 5.74) is 2.11. The summed E-state index contributed by atoms with van der Waals surface area (Å²) in [4.78, 5) is 11.5. The van der Waals surface area contributed by atoms with E-state index < -0.39 is 0 Å². The van der Waals surface area contributed by atoms with E-state index in [2.05, 4.69) is 10.6 Å². The Bertz CT molecular complexity index is 617. The van der Waals surface area contributed by atoms with Crippen molar-refractivity contribution in [3.8, 4) is 16.9 Å². The zero-order chi connectivity index (χ0) is 16.5. The molecule has 23 heavy (non-hydrogen) atoms. The lowest BCUT2D eigenvalue weighted by molar-refractivity contribution is 0.218. The van der Waals surface area contributed by atoms with Gasteiger partial charge in [-0.2, -0.15) is 0 Å². The fourth-order valence-corrected chi connectivity index (χ4v) is 2.09. The average Bonchev–Trinajstić information content (AvgIpc) is 2.59. The fraction of sp³-hybridized carbons (Fsp3) is 0.278. The Labute approximate surface area is 136 Å². The maximum Gasteiger partial charge on any atom is 0.315 e. The van der Waals surface area contributed by atoms with Crippen LogP contribution in [-0.2, 0) is 0 Å². The van der Waals surface area contributed by atoms with Crippen LogP contribution in [0, 0.1) is 0 Å². The fourth-order valence-electron chi connectivity index (χ4n) is 2.09. The second-order valence-electron chi connectivity index (χ2n) is 5.19. The maximum atomic E-state index is 11.5. The largest absolute Gasteiger partial charge is 0.491 e. The summed E-state index contributed by atoms with van der Waals surface area (Å²) in [6.45, 7) is 2.39. The Morgan fingerprint density at radius 2 is 1.83 bits per heavy atom. The average molecular weight is 314 g/mol. The number of aliphatic hydroxyl groups is 1. The highest BCUT2D eigenvalue weighted by Gasteiger charge is 2.07. The highest BCUT2D eigenvalue weighted by atomic mass is 16.5. The quantitative estimate of drug-likeness (QED) is 0.687. The summed E-state index contributed by atoms with van der Waals surface area (Å²) in [7, 11) is 0. The molecule has 0 saturated carbocycles. The third kappa shape index (κ3) is 5.30. The van der Waals surface area contributed by atoms with E-state index in [1.807, 2.05) is 54.6 Å². The molecule has 2 aromatic rings. The van der Waals surface area contributed by atoms with Crippen molar-refractivity contribution in [3.63, 3.8) is 0 Å². The van der Waals surface area contributed by atoms with Gasteiger partial charge in [-0.1, -0.05) is 48.5 Å². The van der Waals surface area contributed by atoms with Crippen LogP contribution in [-0.4, -0.2) is 36.9 Å². The smallest absolute Gasteiger partial charge is 0.315 e. The lowest BCUT2D eigenvalue weighted by atomic mass is 10.1. The number of ether oxygens (including phenoxy) is 1. The van der Waals surface area contributed by atoms with Gasteiger partial charge in [-0.3, -0.25) is 0 Å². The molecule has 0 aromatic heterocycles. The van der Waals surface area contributed by atoms with Crippen molar-refractivity contribution < 1.29 is 14.6 Å². The molecule has 0 aliphatic carbocycles. The second-order valence-corrected chi connectivity index (χ2v) is 5.19. The van der Waals surface area contributed by atoms with E-state index in [-0.39, 0.29) is 18.7 Å². The van der Waals surface area contributed by atoms with Crippen LogP contribution in [0.2, 0.25) is 0 Å². The van der Waals surface area contributed by atoms with E-state index in [0.717, 1.165) is 16.9 Å². The molecule has 1 unspecified atom stereocenters. The standard InChI is InChI=1S/C18H22N2O3/c1-14(13-21)20-18(22)19-11-12-23-17-10-6-5-9-16(17)15-7-3-2-4-8-15/h2-10,14,21H,11-13H2,1H3,(H2,19,20,22). The highest BCUT2D eigenvalue weighted by Crippen LogP contribution is 2.29. The summed E-state index contributed by atoms with van der Waals surface area (Å²) in [5.74, 6) is 0.782. The number of hydrogen-bond acceptors (Lipinski definition) is 3. The molecule has 0 bridgehead atoms. The van der Waals surface area contributed by atoms with Gasteiger partial charge >= 0.3 is 6.03 Å². The van der Waals surface area contributed by atoms with Crippen LogP contribution < -0.4 is 15.4 Å². The molecule has 0 fully saturated rings. The summed E-state index contributed by atoms with van der Waals surface area (Å²) < 4.78 is 5.78. The van der Waals surface area contributed by atoms with E-state index in [1.165, 1.54) is 0 Å². The zero-order valence-corrected chi connectivity index (χ0v) is 13.2. The van der Waals surface area contributed by atoms with Crippen molar-refractivity contribution in [2.45, 2.75) is 13.0 Å². The molecule has 1 atom stereocenters. The summed E-state index contributed by atoms with van der Waals surface area (Å²) >= 11 is 0. The van der Waals surface area contributed by atoms with Crippen molar-refractivity contribution in [3.05, 3.63) is 54.6 Å². The van der Waals surface area contributed by atoms with Gasteiger partial charge in [0, 0.05) is 5.56 Å². The molecule has 0 aliphatic rings. The molecule has 2 rings (SSSR count). The summed E-state index contributed by atoms with van der Waals surface area (Å²) in [6.07, 6.45) is 0. The SMILES string of the molecule is CC(CO)NC(=O)NCCOc1ccccc1-c1ccccc1. The third-order valence-electron chi connectivity index (χ3n) is 3.27. The van der Waals surface area contributed by atoms with Crippen LogP contribution in [0.15, 0.2) is 54.6 Å². The number of amides is 2. The van der Waals surface area contributed by atoms with Gasteiger partial charge < -0.3 is 20.5 Å². The molecule has 0 aliphatic heterocycles. The van der Waals surface area contributed by atoms with E-state index in [9.17, 15) is 4.79 Å². The summed E-state index contributed by atoms with van der Waals surface area (Å²) in [5, 5.41) is 14.2. The first-order valence-electron chi connectivity index (χ1n) is 7.63. The monoisotopic (exact) mass is 314 g/mol. The maximum absolute atomic E-state index is 11.5. The van der Waals surface area contributed by atoms with Gasteiger partial charge in [0.1, 0.15) is 12.4 Å². The molecule has 0 saturated heterocycles. The highest BCUT2D eigenvalue weighted by molar-refractivity contribution is 5.74. The minimum absolute atomic E-state index is 0.0889. The molecule has 3 N–H and O–H groups in total. The van der Waals surface area contributed by atoms with Crippen LogP contribution in [0.1, 0.15) is 6.92 Å². The van der Waals surface area contributed by atoms with Gasteiger partial charge in [0.25, 0.3) is 0 Å². The molecule has 5 nitrogen and oxygen atoms in total. The van der Waals surface area contributed by atoms with E-state index >= 15 is 0 Å². The first kappa shape index (κ1) is 16.8. The first-order valence-corrected chi connectivity index (χ1v) is 7.63. The normalized spacial score (nSPS) is 11.6. The van der Waals surface area contributed by atoms with Crippen molar-refractivity contribution in [2.75, 3.05) is 19.8 Å². The minimum Gasteiger partial charge on any atom is -0.491 e. The number of aliphatic hydroxyl groups excluding tert-OH is 1. The number of rotatable bonds is 7. The topological polar surface area (TPSA) is 70.6 Å². The third-order valence-corrected chi connectivity index (χ3v) is 3.27. The molecule has 122 valence electrons.